The van der Waals surface area contributed by atoms with Crippen molar-refractivity contribution in [2.75, 3.05) is 14.2 Å². The van der Waals surface area contributed by atoms with Gasteiger partial charge in [-0.15, -0.1) is 0 Å². The number of ether oxygens (including phenoxy) is 4. The largest absolute Gasteiger partial charge is 0.493 e. The summed E-state index contributed by atoms with van der Waals surface area (Å²) in [5.74, 6) is 0.577. The third-order valence-corrected chi connectivity index (χ3v) is 6.30. The molecule has 11 heteroatoms. The van der Waals surface area contributed by atoms with E-state index in [1.807, 2.05) is 0 Å². The summed E-state index contributed by atoms with van der Waals surface area (Å²) in [7, 11) is -0.818. The molecule has 0 bridgehead atoms. The van der Waals surface area contributed by atoms with Crippen molar-refractivity contribution in [3.8, 4) is 34.1 Å². The average molecular weight is 512 g/mol. The maximum atomic E-state index is 13.2. The highest BCUT2D eigenvalue weighted by atomic mass is 35.5. The van der Waals surface area contributed by atoms with Gasteiger partial charge in [-0.3, -0.25) is 0 Å². The molecule has 0 aromatic heterocycles. The highest BCUT2D eigenvalue weighted by molar-refractivity contribution is 7.88. The van der Waals surface area contributed by atoms with Gasteiger partial charge < -0.3 is 18.9 Å². The maximum Gasteiger partial charge on any atom is 0.387 e. The minimum absolute atomic E-state index is 0.0215. The number of halogens is 3. The first-order chi connectivity index (χ1) is 16.1. The predicted octanol–water partition coefficient (Wildman–Crippen LogP) is 4.90. The first kappa shape index (κ1) is 24.1. The topological polar surface area (TPSA) is 97.1 Å². The number of hydrogen-bond acceptors (Lipinski definition) is 6. The highest BCUT2D eigenvalue weighted by Gasteiger charge is 2.32. The molecular formula is C23H20ClF2NO6S. The average Bonchev–Trinajstić information content (AvgIpc) is 2.78. The minimum atomic E-state index is -3.82. The van der Waals surface area contributed by atoms with Gasteiger partial charge in [0.1, 0.15) is 11.9 Å². The van der Waals surface area contributed by atoms with Crippen LogP contribution in [0.3, 0.4) is 0 Å². The van der Waals surface area contributed by atoms with E-state index < -0.39 is 28.5 Å². The predicted molar refractivity (Wildman–Crippen MR) is 122 cm³/mol. The number of hydrogen-bond donors (Lipinski definition) is 1. The van der Waals surface area contributed by atoms with Gasteiger partial charge in [0, 0.05) is 11.1 Å². The summed E-state index contributed by atoms with van der Waals surface area (Å²) in [6.45, 7) is -3.11. The van der Waals surface area contributed by atoms with Crippen LogP contribution in [0.2, 0.25) is 5.02 Å². The van der Waals surface area contributed by atoms with Gasteiger partial charge in [0.15, 0.2) is 17.2 Å². The van der Waals surface area contributed by atoms with E-state index in [0.717, 1.165) is 0 Å². The van der Waals surface area contributed by atoms with Crippen molar-refractivity contribution in [1.29, 1.82) is 0 Å². The van der Waals surface area contributed by atoms with Gasteiger partial charge >= 0.3 is 6.61 Å². The molecule has 1 heterocycles. The summed E-state index contributed by atoms with van der Waals surface area (Å²) in [6, 6.07) is 12.9. The van der Waals surface area contributed by atoms with Crippen LogP contribution < -0.4 is 24.1 Å². The molecule has 0 radical (unpaired) electrons. The Hall–Kier alpha value is -3.08. The second-order valence-corrected chi connectivity index (χ2v) is 9.49. The molecule has 1 atom stereocenters. The first-order valence-corrected chi connectivity index (χ1v) is 12.0. The molecule has 0 spiro atoms. The number of nitrogens with two attached hydrogens (primary N) is 1. The van der Waals surface area contributed by atoms with E-state index in [4.69, 9.17) is 35.7 Å². The molecule has 0 aliphatic carbocycles. The quantitative estimate of drug-likeness (QED) is 0.485. The zero-order valence-electron chi connectivity index (χ0n) is 18.0. The van der Waals surface area contributed by atoms with Gasteiger partial charge in [-0.2, -0.15) is 8.78 Å². The molecule has 0 fully saturated rings. The fourth-order valence-electron chi connectivity index (χ4n) is 3.93. The van der Waals surface area contributed by atoms with Gasteiger partial charge in [-0.1, -0.05) is 35.9 Å². The van der Waals surface area contributed by atoms with E-state index in [1.165, 1.54) is 20.3 Å². The Balaban J connectivity index is 1.94. The molecule has 2 N–H and O–H groups in total. The summed E-state index contributed by atoms with van der Waals surface area (Å²) in [4.78, 5) is 0. The van der Waals surface area contributed by atoms with Crippen LogP contribution in [-0.2, 0) is 15.8 Å². The number of benzene rings is 3. The molecule has 1 aliphatic heterocycles. The molecule has 7 nitrogen and oxygen atoms in total. The number of methoxy groups -OCH3 is 2. The summed E-state index contributed by atoms with van der Waals surface area (Å²) < 4.78 is 71.3. The Morgan fingerprint density at radius 3 is 2.44 bits per heavy atom. The molecule has 3 aromatic rings. The molecule has 0 saturated carbocycles. The second kappa shape index (κ2) is 9.28. The monoisotopic (exact) mass is 511 g/mol. The standard InChI is InChI=1S/C23H20ClF2NO6S/c1-30-17-7-4-13(10-19(17)31-2)21-15-9-12(11-34(27,28)29)3-5-14(15)20-18(32-21)8-6-16(24)22(20)33-23(25)26/h3-10,21,23H,11H2,1-2H3,(H2,27,28,29). The summed E-state index contributed by atoms with van der Waals surface area (Å²) in [5, 5.41) is 5.20. The van der Waals surface area contributed by atoms with Crippen molar-refractivity contribution in [2.24, 2.45) is 5.14 Å². The smallest absolute Gasteiger partial charge is 0.387 e. The zero-order chi connectivity index (χ0) is 24.6. The van der Waals surface area contributed by atoms with Crippen LogP contribution in [0.25, 0.3) is 11.1 Å². The first-order valence-electron chi connectivity index (χ1n) is 9.91. The van der Waals surface area contributed by atoms with E-state index in [2.05, 4.69) is 0 Å². The van der Waals surface area contributed by atoms with E-state index in [-0.39, 0.29) is 22.1 Å². The van der Waals surface area contributed by atoms with Crippen molar-refractivity contribution < 1.29 is 36.1 Å². The van der Waals surface area contributed by atoms with Crippen molar-refractivity contribution in [2.45, 2.75) is 18.5 Å². The van der Waals surface area contributed by atoms with E-state index in [0.29, 0.717) is 33.8 Å². The molecule has 0 saturated heterocycles. The van der Waals surface area contributed by atoms with E-state index in [1.54, 1.807) is 42.5 Å². The number of alkyl halides is 2. The third-order valence-electron chi connectivity index (χ3n) is 5.27. The lowest BCUT2D eigenvalue weighted by atomic mass is 9.88. The van der Waals surface area contributed by atoms with Crippen LogP contribution in [0.5, 0.6) is 23.0 Å². The van der Waals surface area contributed by atoms with Gasteiger partial charge in [-0.25, -0.2) is 13.6 Å². The lowest BCUT2D eigenvalue weighted by molar-refractivity contribution is -0.0495. The molecule has 1 aliphatic rings. The molecule has 34 heavy (non-hydrogen) atoms. The minimum Gasteiger partial charge on any atom is -0.493 e. The normalized spacial score (nSPS) is 14.7. The van der Waals surface area contributed by atoms with Crippen LogP contribution in [0, 0.1) is 0 Å². The fourth-order valence-corrected chi connectivity index (χ4v) is 4.78. The Morgan fingerprint density at radius 2 is 1.79 bits per heavy atom. The van der Waals surface area contributed by atoms with Crippen molar-refractivity contribution in [3.05, 3.63) is 70.2 Å². The second-order valence-electron chi connectivity index (χ2n) is 7.47. The van der Waals surface area contributed by atoms with Crippen LogP contribution in [0.15, 0.2) is 48.5 Å². The lowest BCUT2D eigenvalue weighted by Gasteiger charge is -2.31. The fraction of sp³-hybridized carbons (Fsp3) is 0.217. The number of sulfonamides is 1. The Bertz CT molecular complexity index is 1350. The zero-order valence-corrected chi connectivity index (χ0v) is 19.6. The van der Waals surface area contributed by atoms with Crippen molar-refractivity contribution in [1.82, 2.24) is 0 Å². The van der Waals surface area contributed by atoms with E-state index in [9.17, 15) is 17.2 Å². The van der Waals surface area contributed by atoms with Crippen LogP contribution in [0.4, 0.5) is 8.78 Å². The number of primary sulfonamides is 1. The van der Waals surface area contributed by atoms with Gasteiger partial charge in [0.25, 0.3) is 0 Å². The molecule has 3 aromatic carbocycles. The maximum absolute atomic E-state index is 13.2. The van der Waals surface area contributed by atoms with Gasteiger partial charge in [-0.05, 0) is 35.4 Å². The van der Waals surface area contributed by atoms with Crippen LogP contribution in [-0.4, -0.2) is 29.2 Å². The number of fused-ring (bicyclic) bond motifs is 3. The Kier molecular flexibility index (Phi) is 6.57. The van der Waals surface area contributed by atoms with Crippen molar-refractivity contribution >= 4 is 21.6 Å². The molecule has 1 unspecified atom stereocenters. The molecular weight excluding hydrogens is 492 g/mol. The Labute approximate surface area is 200 Å². The summed E-state index contributed by atoms with van der Waals surface area (Å²) in [5.41, 5.74) is 2.31. The SMILES string of the molecule is COc1ccc(C2Oc3ccc(Cl)c(OC(F)F)c3-c3ccc(CS(N)(=O)=O)cc32)cc1OC. The van der Waals surface area contributed by atoms with Crippen LogP contribution in [0.1, 0.15) is 22.8 Å². The summed E-state index contributed by atoms with van der Waals surface area (Å²) >= 11 is 6.18. The highest BCUT2D eigenvalue weighted by Crippen LogP contribution is 2.52. The molecule has 180 valence electrons. The van der Waals surface area contributed by atoms with Gasteiger partial charge in [0.2, 0.25) is 10.0 Å². The van der Waals surface area contributed by atoms with Crippen LogP contribution >= 0.6 is 11.6 Å². The van der Waals surface area contributed by atoms with Crippen molar-refractivity contribution in [3.63, 3.8) is 0 Å². The molecule has 0 amide bonds. The summed E-state index contributed by atoms with van der Waals surface area (Å²) in [6.07, 6.45) is -0.733. The molecule has 4 rings (SSSR count). The third kappa shape index (κ3) is 4.75. The van der Waals surface area contributed by atoms with E-state index >= 15 is 0 Å². The Morgan fingerprint density at radius 1 is 1.06 bits per heavy atom. The number of rotatable bonds is 7. The van der Waals surface area contributed by atoms with Gasteiger partial charge in [0.05, 0.1) is 30.6 Å². The lowest BCUT2D eigenvalue weighted by Crippen LogP contribution is -2.19.